The molecule has 0 saturated carbocycles. The number of nitrogens with one attached hydrogen (secondary N) is 1. The van der Waals surface area contributed by atoms with Gasteiger partial charge in [0.25, 0.3) is 0 Å². The zero-order chi connectivity index (χ0) is 23.6. The normalized spacial score (nSPS) is 12.5. The molecular formula is C24H24N2O5S2. The molecule has 1 aromatic carbocycles. The lowest BCUT2D eigenvalue weighted by atomic mass is 10.1. The average Bonchev–Trinajstić information content (AvgIpc) is 3.50. The van der Waals surface area contributed by atoms with Crippen LogP contribution in [0.5, 0.6) is 0 Å². The first-order valence-corrected chi connectivity index (χ1v) is 12.0. The van der Waals surface area contributed by atoms with Crippen LogP contribution >= 0.6 is 22.7 Å². The zero-order valence-corrected chi connectivity index (χ0v) is 20.3. The van der Waals surface area contributed by atoms with E-state index in [1.807, 2.05) is 30.3 Å². The summed E-state index contributed by atoms with van der Waals surface area (Å²) in [5.74, 6) is -0.00663. The van der Waals surface area contributed by atoms with E-state index in [9.17, 15) is 9.59 Å². The number of oxazole rings is 1. The van der Waals surface area contributed by atoms with Gasteiger partial charge in [0.15, 0.2) is 5.58 Å². The van der Waals surface area contributed by atoms with Gasteiger partial charge in [-0.3, -0.25) is 0 Å². The van der Waals surface area contributed by atoms with E-state index >= 15 is 0 Å². The molecule has 0 radical (unpaired) electrons. The zero-order valence-electron chi connectivity index (χ0n) is 18.7. The Kier molecular flexibility index (Phi) is 6.53. The van der Waals surface area contributed by atoms with E-state index in [1.54, 1.807) is 43.4 Å². The topological polar surface area (TPSA) is 90.7 Å². The molecule has 172 valence electrons. The van der Waals surface area contributed by atoms with Crippen LogP contribution < -0.4 is 5.32 Å². The summed E-state index contributed by atoms with van der Waals surface area (Å²) >= 11 is 3.31. The van der Waals surface area contributed by atoms with Crippen molar-refractivity contribution in [3.05, 3.63) is 53.4 Å². The number of thiophene rings is 2. The van der Waals surface area contributed by atoms with Crippen molar-refractivity contribution in [2.45, 2.75) is 38.8 Å². The van der Waals surface area contributed by atoms with Crippen LogP contribution in [-0.4, -0.2) is 35.8 Å². The summed E-state index contributed by atoms with van der Waals surface area (Å²) in [4.78, 5) is 32.4. The molecule has 0 aliphatic rings. The second-order valence-electron chi connectivity index (χ2n) is 8.39. The van der Waals surface area contributed by atoms with Crippen molar-refractivity contribution >= 4 is 45.8 Å². The largest absolute Gasteiger partial charge is 0.467 e. The van der Waals surface area contributed by atoms with Crippen LogP contribution in [0, 0.1) is 0 Å². The molecule has 1 atom stereocenters. The Labute approximate surface area is 199 Å². The number of carbonyl (C=O) groups is 2. The maximum Gasteiger partial charge on any atom is 0.408 e. The van der Waals surface area contributed by atoms with Gasteiger partial charge in [0.2, 0.25) is 5.89 Å². The maximum atomic E-state index is 12.2. The fourth-order valence-electron chi connectivity index (χ4n) is 3.23. The first-order valence-electron chi connectivity index (χ1n) is 10.3. The van der Waals surface area contributed by atoms with Crippen molar-refractivity contribution in [1.29, 1.82) is 0 Å². The first-order chi connectivity index (χ1) is 15.7. The van der Waals surface area contributed by atoms with Crippen molar-refractivity contribution in [3.63, 3.8) is 0 Å². The fraction of sp³-hybridized carbons (Fsp3) is 0.292. The van der Waals surface area contributed by atoms with Crippen LogP contribution in [0.3, 0.4) is 0 Å². The summed E-state index contributed by atoms with van der Waals surface area (Å²) in [5.41, 5.74) is 1.45. The smallest absolute Gasteiger partial charge is 0.408 e. The van der Waals surface area contributed by atoms with Crippen LogP contribution in [0.25, 0.3) is 31.6 Å². The van der Waals surface area contributed by atoms with Crippen molar-refractivity contribution in [3.8, 4) is 20.5 Å². The quantitative estimate of drug-likeness (QED) is 0.343. The molecule has 4 rings (SSSR count). The average molecular weight is 485 g/mol. The lowest BCUT2D eigenvalue weighted by Gasteiger charge is -2.22. The molecule has 3 heterocycles. The van der Waals surface area contributed by atoms with Crippen LogP contribution in [0.1, 0.15) is 26.3 Å². The number of rotatable bonds is 6. The van der Waals surface area contributed by atoms with Gasteiger partial charge in [0, 0.05) is 16.2 Å². The second-order valence-corrected chi connectivity index (χ2v) is 10.4. The van der Waals surface area contributed by atoms with E-state index in [1.165, 1.54) is 12.0 Å². The second kappa shape index (κ2) is 9.36. The number of nitrogens with zero attached hydrogens (tertiary/aromatic N) is 1. The molecule has 33 heavy (non-hydrogen) atoms. The molecule has 0 unspecified atom stereocenters. The molecule has 0 saturated heterocycles. The Balaban J connectivity index is 1.53. The van der Waals surface area contributed by atoms with E-state index < -0.39 is 23.7 Å². The first kappa shape index (κ1) is 23.0. The number of esters is 1. The van der Waals surface area contributed by atoms with Gasteiger partial charge in [-0.15, -0.1) is 22.7 Å². The summed E-state index contributed by atoms with van der Waals surface area (Å²) in [7, 11) is 1.28. The summed E-state index contributed by atoms with van der Waals surface area (Å²) in [6.45, 7) is 5.27. The third-order valence-corrected chi connectivity index (χ3v) is 6.79. The minimum absolute atomic E-state index is 0.228. The van der Waals surface area contributed by atoms with Gasteiger partial charge in [0.05, 0.1) is 12.0 Å². The van der Waals surface area contributed by atoms with Crippen molar-refractivity contribution in [2.75, 3.05) is 7.11 Å². The highest BCUT2D eigenvalue weighted by atomic mass is 32.1. The molecule has 9 heteroatoms. The van der Waals surface area contributed by atoms with Gasteiger partial charge >= 0.3 is 12.1 Å². The van der Waals surface area contributed by atoms with E-state index in [2.05, 4.69) is 27.8 Å². The standard InChI is InChI=1S/C24H24N2O5S2/c1-24(2,3)31-23(28)26-16(22(27)29-4)13-14-7-8-17-15(12-14)25-21(30-17)20-10-9-19(33-20)18-6-5-11-32-18/h5-12,16H,13H2,1-4H3,(H,26,28)/t16-/m0/s1. The minimum atomic E-state index is -0.890. The van der Waals surface area contributed by atoms with Crippen LogP contribution in [0.2, 0.25) is 0 Å². The van der Waals surface area contributed by atoms with E-state index in [4.69, 9.17) is 13.9 Å². The van der Waals surface area contributed by atoms with Crippen molar-refractivity contribution in [2.24, 2.45) is 0 Å². The molecule has 7 nitrogen and oxygen atoms in total. The van der Waals surface area contributed by atoms with Gasteiger partial charge in [-0.05, 0) is 62.0 Å². The van der Waals surface area contributed by atoms with E-state index in [0.717, 1.165) is 15.3 Å². The summed E-state index contributed by atoms with van der Waals surface area (Å²) in [6.07, 6.45) is -0.451. The Morgan fingerprint density at radius 1 is 1.12 bits per heavy atom. The molecule has 1 amide bonds. The lowest BCUT2D eigenvalue weighted by molar-refractivity contribution is -0.143. The highest BCUT2D eigenvalue weighted by Crippen LogP contribution is 2.37. The number of methoxy groups -OCH3 is 1. The maximum absolute atomic E-state index is 12.2. The summed E-state index contributed by atoms with van der Waals surface area (Å²) in [6, 6.07) is 12.8. The number of hydrogen-bond acceptors (Lipinski definition) is 8. The summed E-state index contributed by atoms with van der Waals surface area (Å²) < 4.78 is 16.1. The number of aromatic nitrogens is 1. The van der Waals surface area contributed by atoms with Crippen molar-refractivity contribution in [1.82, 2.24) is 10.3 Å². The number of fused-ring (bicyclic) bond motifs is 1. The van der Waals surface area contributed by atoms with Crippen LogP contribution in [0.15, 0.2) is 52.3 Å². The van der Waals surface area contributed by atoms with E-state index in [0.29, 0.717) is 17.0 Å². The minimum Gasteiger partial charge on any atom is -0.467 e. The number of alkyl carbamates (subject to hydrolysis) is 1. The van der Waals surface area contributed by atoms with Gasteiger partial charge in [-0.25, -0.2) is 14.6 Å². The number of ether oxygens (including phenoxy) is 2. The van der Waals surface area contributed by atoms with Crippen LogP contribution in [-0.2, 0) is 20.7 Å². The molecule has 0 bridgehead atoms. The van der Waals surface area contributed by atoms with E-state index in [-0.39, 0.29) is 6.42 Å². The highest BCUT2D eigenvalue weighted by Gasteiger charge is 2.25. The van der Waals surface area contributed by atoms with Gasteiger partial charge < -0.3 is 19.2 Å². The molecule has 0 fully saturated rings. The molecule has 3 aromatic heterocycles. The number of amides is 1. The Hall–Kier alpha value is -3.17. The third kappa shape index (κ3) is 5.61. The van der Waals surface area contributed by atoms with Crippen molar-refractivity contribution < 1.29 is 23.5 Å². The molecule has 0 aliphatic carbocycles. The van der Waals surface area contributed by atoms with Gasteiger partial charge in [-0.1, -0.05) is 12.1 Å². The molecule has 0 spiro atoms. The highest BCUT2D eigenvalue weighted by molar-refractivity contribution is 7.23. The third-order valence-electron chi connectivity index (χ3n) is 4.65. The summed E-state index contributed by atoms with van der Waals surface area (Å²) in [5, 5.41) is 4.64. The van der Waals surface area contributed by atoms with Gasteiger partial charge in [-0.2, -0.15) is 0 Å². The van der Waals surface area contributed by atoms with Crippen LogP contribution in [0.4, 0.5) is 4.79 Å². The number of carbonyl (C=O) groups excluding carboxylic acids is 2. The molecule has 0 aliphatic heterocycles. The fourth-order valence-corrected chi connectivity index (χ4v) is 5.00. The Morgan fingerprint density at radius 3 is 2.61 bits per heavy atom. The van der Waals surface area contributed by atoms with Gasteiger partial charge in [0.1, 0.15) is 17.2 Å². The molecule has 4 aromatic rings. The SMILES string of the molecule is COC(=O)[C@H](Cc1ccc2oc(-c3ccc(-c4cccs4)s3)nc2c1)NC(=O)OC(C)(C)C. The molecular weight excluding hydrogens is 460 g/mol. The predicted octanol–water partition coefficient (Wildman–Crippen LogP) is 5.89. The monoisotopic (exact) mass is 484 g/mol. The Bertz CT molecular complexity index is 1270. The predicted molar refractivity (Wildman–Crippen MR) is 130 cm³/mol. The number of benzene rings is 1. The Morgan fingerprint density at radius 2 is 1.91 bits per heavy atom. The molecule has 1 N–H and O–H groups in total. The number of hydrogen-bond donors (Lipinski definition) is 1. The lowest BCUT2D eigenvalue weighted by Crippen LogP contribution is -2.45.